The molecule has 0 aromatic heterocycles. The number of para-hydroxylation sites is 1. The van der Waals surface area contributed by atoms with Crippen molar-refractivity contribution in [3.05, 3.63) is 18.2 Å². The van der Waals surface area contributed by atoms with Crippen molar-refractivity contribution in [1.82, 2.24) is 0 Å². The number of amides is 1. The van der Waals surface area contributed by atoms with Gasteiger partial charge in [-0.2, -0.15) is 0 Å². The van der Waals surface area contributed by atoms with Crippen LogP contribution in [0.15, 0.2) is 18.2 Å². The highest BCUT2D eigenvalue weighted by atomic mass is 32.2. The number of carbonyl (C=O) groups is 1. The molecule has 18 heavy (non-hydrogen) atoms. The minimum absolute atomic E-state index is 0.00132. The summed E-state index contributed by atoms with van der Waals surface area (Å²) in [5, 5.41) is 0. The van der Waals surface area contributed by atoms with E-state index in [0.29, 0.717) is 23.7 Å². The molecule has 1 aliphatic heterocycles. The minimum atomic E-state index is -2.19. The molecule has 1 heterocycles. The van der Waals surface area contributed by atoms with E-state index in [0.717, 1.165) is 6.42 Å². The van der Waals surface area contributed by atoms with E-state index in [9.17, 15) is 9.00 Å². The molecular weight excluding hydrogens is 256 g/mol. The molecule has 0 aliphatic carbocycles. The van der Waals surface area contributed by atoms with E-state index in [1.807, 2.05) is 6.92 Å². The summed E-state index contributed by atoms with van der Waals surface area (Å²) < 4.78 is 27.5. The zero-order valence-electron chi connectivity index (χ0n) is 9.88. The SMILES string of the molecule is CCCN1C(=O)COc2cccc(NS(=O)O)c21. The van der Waals surface area contributed by atoms with Crippen LogP contribution in [0, 0.1) is 0 Å². The number of nitrogens with one attached hydrogen (secondary N) is 1. The zero-order chi connectivity index (χ0) is 13.1. The molecule has 0 spiro atoms. The Morgan fingerprint density at radius 2 is 2.33 bits per heavy atom. The lowest BCUT2D eigenvalue weighted by Crippen LogP contribution is -2.39. The molecule has 1 aromatic carbocycles. The van der Waals surface area contributed by atoms with E-state index < -0.39 is 11.3 Å². The lowest BCUT2D eigenvalue weighted by atomic mass is 10.2. The van der Waals surface area contributed by atoms with Gasteiger partial charge in [0.2, 0.25) is 0 Å². The Bertz CT molecular complexity index is 492. The van der Waals surface area contributed by atoms with E-state index >= 15 is 0 Å². The van der Waals surface area contributed by atoms with Gasteiger partial charge in [0.25, 0.3) is 17.2 Å². The Balaban J connectivity index is 2.45. The fourth-order valence-electron chi connectivity index (χ4n) is 1.90. The van der Waals surface area contributed by atoms with Gasteiger partial charge in [-0.3, -0.25) is 14.1 Å². The lowest BCUT2D eigenvalue weighted by Gasteiger charge is -2.30. The summed E-state index contributed by atoms with van der Waals surface area (Å²) >= 11 is -2.19. The largest absolute Gasteiger partial charge is 0.481 e. The van der Waals surface area contributed by atoms with Crippen molar-refractivity contribution in [3.63, 3.8) is 0 Å². The van der Waals surface area contributed by atoms with Gasteiger partial charge in [-0.25, -0.2) is 4.21 Å². The fraction of sp³-hybridized carbons (Fsp3) is 0.364. The van der Waals surface area contributed by atoms with Crippen LogP contribution in [0.25, 0.3) is 0 Å². The summed E-state index contributed by atoms with van der Waals surface area (Å²) in [6, 6.07) is 5.07. The van der Waals surface area contributed by atoms with E-state index in [-0.39, 0.29) is 12.5 Å². The molecule has 0 saturated heterocycles. The van der Waals surface area contributed by atoms with Gasteiger partial charge in [-0.15, -0.1) is 0 Å². The molecule has 98 valence electrons. The molecule has 1 atom stereocenters. The van der Waals surface area contributed by atoms with Gasteiger partial charge in [0.15, 0.2) is 6.61 Å². The van der Waals surface area contributed by atoms with Crippen LogP contribution in [0.2, 0.25) is 0 Å². The second-order valence-corrected chi connectivity index (χ2v) is 4.54. The Hall–Kier alpha value is -1.60. The monoisotopic (exact) mass is 270 g/mol. The number of carbonyl (C=O) groups excluding carboxylic acids is 1. The van der Waals surface area contributed by atoms with Gasteiger partial charge in [-0.05, 0) is 18.6 Å². The van der Waals surface area contributed by atoms with Crippen LogP contribution in [0.4, 0.5) is 11.4 Å². The third-order valence-corrected chi connectivity index (χ3v) is 2.96. The molecular formula is C11H14N2O4S. The zero-order valence-corrected chi connectivity index (χ0v) is 10.7. The Kier molecular flexibility index (Phi) is 3.83. The normalized spacial score (nSPS) is 15.9. The average Bonchev–Trinajstić information content (AvgIpc) is 2.32. The molecule has 0 radical (unpaired) electrons. The van der Waals surface area contributed by atoms with E-state index in [2.05, 4.69) is 4.72 Å². The first-order valence-corrected chi connectivity index (χ1v) is 6.68. The highest BCUT2D eigenvalue weighted by Crippen LogP contribution is 2.38. The highest BCUT2D eigenvalue weighted by Gasteiger charge is 2.27. The van der Waals surface area contributed by atoms with Crippen LogP contribution >= 0.6 is 0 Å². The first-order chi connectivity index (χ1) is 8.63. The number of nitrogens with zero attached hydrogens (tertiary/aromatic N) is 1. The topological polar surface area (TPSA) is 78.9 Å². The molecule has 2 rings (SSSR count). The summed E-state index contributed by atoms with van der Waals surface area (Å²) in [7, 11) is 0. The van der Waals surface area contributed by atoms with Crippen LogP contribution < -0.4 is 14.4 Å². The van der Waals surface area contributed by atoms with Crippen LogP contribution in [-0.4, -0.2) is 27.8 Å². The number of benzene rings is 1. The van der Waals surface area contributed by atoms with Gasteiger partial charge < -0.3 is 9.64 Å². The summed E-state index contributed by atoms with van der Waals surface area (Å²) in [6.45, 7) is 2.51. The average molecular weight is 270 g/mol. The van der Waals surface area contributed by atoms with Crippen molar-refractivity contribution in [3.8, 4) is 5.75 Å². The summed E-state index contributed by atoms with van der Waals surface area (Å²) in [6.07, 6.45) is 0.793. The molecule has 6 nitrogen and oxygen atoms in total. The van der Waals surface area contributed by atoms with Crippen LogP contribution in [0.5, 0.6) is 5.75 Å². The maximum atomic E-state index is 11.8. The van der Waals surface area contributed by atoms with Crippen LogP contribution in [0.3, 0.4) is 0 Å². The molecule has 1 aromatic rings. The molecule has 0 fully saturated rings. The highest BCUT2D eigenvalue weighted by molar-refractivity contribution is 7.80. The maximum absolute atomic E-state index is 11.8. The van der Waals surface area contributed by atoms with Gasteiger partial charge in [0, 0.05) is 6.54 Å². The van der Waals surface area contributed by atoms with E-state index in [4.69, 9.17) is 9.29 Å². The van der Waals surface area contributed by atoms with Gasteiger partial charge in [0.05, 0.1) is 5.69 Å². The Labute approximate surface area is 107 Å². The number of fused-ring (bicyclic) bond motifs is 1. The Morgan fingerprint density at radius 3 is 3.00 bits per heavy atom. The summed E-state index contributed by atoms with van der Waals surface area (Å²) in [5.74, 6) is 0.390. The van der Waals surface area contributed by atoms with Crippen molar-refractivity contribution in [2.24, 2.45) is 0 Å². The number of rotatable bonds is 4. The van der Waals surface area contributed by atoms with Crippen molar-refractivity contribution >= 4 is 28.5 Å². The minimum Gasteiger partial charge on any atom is -0.481 e. The summed E-state index contributed by atoms with van der Waals surface area (Å²) in [4.78, 5) is 13.4. The van der Waals surface area contributed by atoms with Gasteiger partial charge in [-0.1, -0.05) is 13.0 Å². The van der Waals surface area contributed by atoms with Crippen LogP contribution in [0.1, 0.15) is 13.3 Å². The maximum Gasteiger partial charge on any atom is 0.265 e. The quantitative estimate of drug-likeness (QED) is 0.810. The van der Waals surface area contributed by atoms with E-state index in [1.165, 1.54) is 0 Å². The number of anilines is 2. The first-order valence-electron chi connectivity index (χ1n) is 5.57. The Morgan fingerprint density at radius 1 is 1.56 bits per heavy atom. The van der Waals surface area contributed by atoms with Crippen molar-refractivity contribution in [1.29, 1.82) is 0 Å². The molecule has 1 unspecified atom stereocenters. The first kappa shape index (κ1) is 12.8. The van der Waals surface area contributed by atoms with Crippen molar-refractivity contribution in [2.45, 2.75) is 13.3 Å². The number of ether oxygens (including phenoxy) is 1. The predicted octanol–water partition coefficient (Wildman–Crippen LogP) is 1.37. The molecule has 0 bridgehead atoms. The third-order valence-electron chi connectivity index (χ3n) is 2.57. The number of hydrogen-bond acceptors (Lipinski definition) is 3. The smallest absolute Gasteiger partial charge is 0.265 e. The van der Waals surface area contributed by atoms with Gasteiger partial charge in [0.1, 0.15) is 11.4 Å². The lowest BCUT2D eigenvalue weighted by molar-refractivity contribution is -0.121. The molecule has 1 aliphatic rings. The van der Waals surface area contributed by atoms with Crippen molar-refractivity contribution < 1.29 is 18.3 Å². The predicted molar refractivity (Wildman–Crippen MR) is 69.0 cm³/mol. The van der Waals surface area contributed by atoms with Gasteiger partial charge >= 0.3 is 0 Å². The second-order valence-electron chi connectivity index (χ2n) is 3.84. The molecule has 0 saturated carbocycles. The van der Waals surface area contributed by atoms with Crippen molar-refractivity contribution in [2.75, 3.05) is 22.8 Å². The second kappa shape index (κ2) is 5.36. The number of hydrogen-bond donors (Lipinski definition) is 2. The third kappa shape index (κ3) is 2.46. The molecule has 1 amide bonds. The standard InChI is InChI=1S/C11H14N2O4S/c1-2-6-13-10(14)7-17-9-5-3-4-8(11(9)13)12-18(15)16/h3-5,12H,2,6-7H2,1H3,(H,15,16). The fourth-order valence-corrected chi connectivity index (χ4v) is 2.25. The molecule has 7 heteroatoms. The van der Waals surface area contributed by atoms with E-state index in [1.54, 1.807) is 23.1 Å². The van der Waals surface area contributed by atoms with Crippen LogP contribution in [-0.2, 0) is 16.1 Å². The summed E-state index contributed by atoms with van der Waals surface area (Å²) in [5.41, 5.74) is 0.938. The molecule has 2 N–H and O–H groups in total.